The number of amides is 6. The molecular weight excluding hydrogens is 1970 g/mol. The second kappa shape index (κ2) is 53.3. The number of ether oxygens (including phenoxy) is 22. The standard InChI is InChI=1S/C80H134N6O58/c1-20(98)82-37-49(110)42(103)26(7-88)126-70(37)124-17-35-48(109)69(61(122)80(135-35)139-63-32(13-94)132-73(40(52(63)113)85-23(4)101)141-66-45(106)29(10-91)130-78(58(66)119)140-65-34(15-96)134-75(57(118)55(65)116)123-16-25(6-87)81-19-97)143-74-41(86-24(5)102)53(114)64(33(14-95)133-74)138-79-60(121)68(142-72-38(83-21(2)99)50(111)43(104)27(8-89)127-72)47(108)36(136-79)18-125-71-39(84-22(3)100)51(112)62(31(12-93)131-71)137-77-59(120)67(46(107)30(11-92)129-77)144-76-56(117)54(115)44(105)28(9-90)128-76/h19,25-80,87-96,103-122H,6-18H2,1-5H3,(H,81,97)(H,82,98)(H,83,99)(H,84,100)(H,85,101)(H,86,102)/t25-,26-,27-,28-,29-,30-,31-,32-,33-,34-,35-,36-,37-,38-,39-,40-,41-,42-,43-,44+,45+,46+,47+,48+,49-,50-,51-,52-,53-,54+,55-,56-,57-,58-,59-,60-,61-,62-,63-,64-,65-,66+,67+,68+,69+,70-,71-,72+,73+,74+,75-,76-,77+,78+,79+,80+/m1/s1. The second-order valence-corrected chi connectivity index (χ2v) is 36.0. The van der Waals surface area contributed by atoms with Crippen LogP contribution in [0.4, 0.5) is 0 Å². The van der Waals surface area contributed by atoms with Crippen molar-refractivity contribution >= 4 is 35.9 Å². The van der Waals surface area contributed by atoms with Gasteiger partial charge in [0.05, 0.1) is 91.9 Å². The van der Waals surface area contributed by atoms with Crippen molar-refractivity contribution in [3.8, 4) is 0 Å². The van der Waals surface area contributed by atoms with Crippen molar-refractivity contribution < 1.29 is 286 Å². The number of rotatable bonds is 42. The zero-order chi connectivity index (χ0) is 106. The molecule has 11 fully saturated rings. The molecule has 6 amide bonds. The van der Waals surface area contributed by atoms with Crippen molar-refractivity contribution in [2.24, 2.45) is 0 Å². The van der Waals surface area contributed by atoms with Gasteiger partial charge in [0.1, 0.15) is 268 Å². The Morgan fingerprint density at radius 2 is 0.444 bits per heavy atom. The molecule has 36 N–H and O–H groups in total. The lowest BCUT2D eigenvalue weighted by Crippen LogP contribution is -2.71. The Kier molecular flexibility index (Phi) is 44.1. The van der Waals surface area contributed by atoms with E-state index in [1.807, 2.05) is 0 Å². The summed E-state index contributed by atoms with van der Waals surface area (Å²) in [7, 11) is 0. The van der Waals surface area contributed by atoms with Gasteiger partial charge in [-0.3, -0.25) is 28.8 Å². The number of hydrogen-bond acceptors (Lipinski definition) is 58. The first-order valence-electron chi connectivity index (χ1n) is 45.9. The van der Waals surface area contributed by atoms with Crippen LogP contribution in [0.15, 0.2) is 0 Å². The largest absolute Gasteiger partial charge is 0.394 e. The molecule has 0 aromatic heterocycles. The molecule has 11 aliphatic rings. The van der Waals surface area contributed by atoms with Crippen LogP contribution in [0.1, 0.15) is 34.6 Å². The summed E-state index contributed by atoms with van der Waals surface area (Å²) in [6, 6.07) is -10.8. The summed E-state index contributed by atoms with van der Waals surface area (Å²) in [4.78, 5) is 76.3. The highest BCUT2D eigenvalue weighted by Crippen LogP contribution is 2.42. The molecule has 11 aliphatic heterocycles. The van der Waals surface area contributed by atoms with Crippen LogP contribution in [-0.4, -0.2) is 619 Å². The van der Waals surface area contributed by atoms with Gasteiger partial charge < -0.3 is 289 Å². The van der Waals surface area contributed by atoms with E-state index in [0.29, 0.717) is 0 Å². The third-order valence-corrected chi connectivity index (χ3v) is 25.9. The van der Waals surface area contributed by atoms with Gasteiger partial charge in [-0.25, -0.2) is 0 Å². The maximum absolute atomic E-state index is 13.6. The van der Waals surface area contributed by atoms with Crippen LogP contribution in [0.3, 0.4) is 0 Å². The molecule has 144 heavy (non-hydrogen) atoms. The normalized spacial score (nSPS) is 47.3. The molecular formula is C80H134N6O58. The highest BCUT2D eigenvalue weighted by molar-refractivity contribution is 5.75. The van der Waals surface area contributed by atoms with Gasteiger partial charge in [0.15, 0.2) is 69.2 Å². The summed E-state index contributed by atoms with van der Waals surface area (Å²) in [5.74, 6) is -4.86. The van der Waals surface area contributed by atoms with Crippen LogP contribution in [0.25, 0.3) is 0 Å². The SMILES string of the molecule is CC(=O)N[C@H]1[C@H](OC[C@H]2O[C@@H](O[C@H]3[C@H](O)[C@@H](NC(C)=O)[C@H](O[C@H]4[C@@H](O)[C@@H](CO[C@@H]5O[C@H](CO)[C@@H](O)[C@H](O)[C@H]5NC(C)=O)O[C@@H](O[C@H]5[C@H](O)[C@@H](NC(C)=O)[C@H](O[C@H]6[C@@H](O)[C@@H](CO)O[C@@H](O[C@H]7[C@H](O)[C@@H](O)[C@H](OC[C@@H](CO)NC=O)O[C@@H]7CO)[C@@H]6O)O[C@@H]5CO)[C@@H]4O)O[C@@H]3CO)[C@H](O)[C@@H](O[C@@H]3O[C@H](CO)[C@@H](O)[C@H](O)[C@H]3NC(C)=O)[C@H]2O)O[C@H](CO)[C@@H](O[C@@H]2O[C@H](CO)[C@H](O)[C@H](O[C@H]3O[C@H](CO)[C@H](O)[C@H](O)[C@H]3O)[C@H]2O)[C@@H]1O. The van der Waals surface area contributed by atoms with Crippen molar-refractivity contribution in [1.29, 1.82) is 0 Å². The van der Waals surface area contributed by atoms with Crippen molar-refractivity contribution in [3.05, 3.63) is 0 Å². The Balaban J connectivity index is 0.871. The maximum atomic E-state index is 13.6. The van der Waals surface area contributed by atoms with E-state index < -0.39 is 459 Å². The molecule has 0 saturated carbocycles. The molecule has 0 aliphatic carbocycles. The van der Waals surface area contributed by atoms with Gasteiger partial charge >= 0.3 is 0 Å². The van der Waals surface area contributed by atoms with Crippen LogP contribution in [0.2, 0.25) is 0 Å². The van der Waals surface area contributed by atoms with Crippen LogP contribution >= 0.6 is 0 Å². The number of nitrogens with one attached hydrogen (secondary N) is 6. The Morgan fingerprint density at radius 3 is 0.750 bits per heavy atom. The first-order valence-corrected chi connectivity index (χ1v) is 45.9. The molecule has 11 heterocycles. The predicted molar refractivity (Wildman–Crippen MR) is 444 cm³/mol. The predicted octanol–water partition coefficient (Wildman–Crippen LogP) is -25.1. The van der Waals surface area contributed by atoms with E-state index >= 15 is 0 Å². The molecule has 0 aromatic rings. The quantitative estimate of drug-likeness (QED) is 0.0252. The lowest BCUT2D eigenvalue weighted by molar-refractivity contribution is -0.391. The Labute approximate surface area is 815 Å². The van der Waals surface area contributed by atoms with Crippen molar-refractivity contribution in [3.63, 3.8) is 0 Å². The van der Waals surface area contributed by atoms with Crippen molar-refractivity contribution in [2.75, 3.05) is 85.9 Å². The number of aliphatic hydroxyl groups excluding tert-OH is 30. The fourth-order valence-corrected chi connectivity index (χ4v) is 18.3. The summed E-state index contributed by atoms with van der Waals surface area (Å²) in [6.07, 6.45) is -106. The fourth-order valence-electron chi connectivity index (χ4n) is 18.3. The monoisotopic (exact) mass is 2110 g/mol. The highest BCUT2D eigenvalue weighted by atomic mass is 16.8. The molecule has 64 nitrogen and oxygen atoms in total. The van der Waals surface area contributed by atoms with Gasteiger partial charge in [-0.1, -0.05) is 0 Å². The van der Waals surface area contributed by atoms with Crippen molar-refractivity contribution in [2.45, 2.75) is 378 Å². The summed E-state index contributed by atoms with van der Waals surface area (Å²) in [5, 5.41) is 352. The molecule has 0 radical (unpaired) electrons. The van der Waals surface area contributed by atoms with Gasteiger partial charge in [0.2, 0.25) is 35.9 Å². The van der Waals surface area contributed by atoms with E-state index in [9.17, 15) is 182 Å². The van der Waals surface area contributed by atoms with Crippen LogP contribution in [0, 0.1) is 0 Å². The van der Waals surface area contributed by atoms with Gasteiger partial charge in [-0.05, 0) is 0 Å². The van der Waals surface area contributed by atoms with E-state index in [2.05, 4.69) is 31.9 Å². The molecule has 11 rings (SSSR count). The third kappa shape index (κ3) is 27.1. The van der Waals surface area contributed by atoms with E-state index in [-0.39, 0.29) is 6.41 Å². The molecule has 11 saturated heterocycles. The molecule has 0 aromatic carbocycles. The van der Waals surface area contributed by atoms with Crippen LogP contribution in [0.5, 0.6) is 0 Å². The second-order valence-electron chi connectivity index (χ2n) is 36.0. The number of carbonyl (C=O) groups excluding carboxylic acids is 6. The van der Waals surface area contributed by atoms with Gasteiger partial charge in [0, 0.05) is 34.6 Å². The van der Waals surface area contributed by atoms with E-state index in [1.165, 1.54) is 0 Å². The highest BCUT2D eigenvalue weighted by Gasteiger charge is 2.63. The molecule has 64 heteroatoms. The minimum Gasteiger partial charge on any atom is -0.394 e. The summed E-state index contributed by atoms with van der Waals surface area (Å²) in [6.45, 7) is -8.92. The summed E-state index contributed by atoms with van der Waals surface area (Å²) < 4.78 is 131. The summed E-state index contributed by atoms with van der Waals surface area (Å²) in [5.41, 5.74) is 0. The van der Waals surface area contributed by atoms with E-state index in [4.69, 9.17) is 104 Å². The minimum absolute atomic E-state index is 0.234. The first-order chi connectivity index (χ1) is 68.3. The van der Waals surface area contributed by atoms with Crippen molar-refractivity contribution in [1.82, 2.24) is 31.9 Å². The average Bonchev–Trinajstić information content (AvgIpc) is 0.747. The number of carbonyl (C=O) groups is 6. The minimum atomic E-state index is -2.59. The lowest BCUT2D eigenvalue weighted by Gasteiger charge is -2.51. The van der Waals surface area contributed by atoms with Gasteiger partial charge in [0.25, 0.3) is 0 Å². The summed E-state index contributed by atoms with van der Waals surface area (Å²) >= 11 is 0. The Morgan fingerprint density at radius 1 is 0.229 bits per heavy atom. The van der Waals surface area contributed by atoms with E-state index in [1.54, 1.807) is 0 Å². The maximum Gasteiger partial charge on any atom is 0.217 e. The zero-order valence-electron chi connectivity index (χ0n) is 77.4. The van der Waals surface area contributed by atoms with Crippen LogP contribution < -0.4 is 31.9 Å². The van der Waals surface area contributed by atoms with Gasteiger partial charge in [-0.2, -0.15) is 0 Å². The zero-order valence-corrected chi connectivity index (χ0v) is 77.4. The molecule has 0 bridgehead atoms. The molecule has 832 valence electrons. The Hall–Kier alpha value is -5.26. The van der Waals surface area contributed by atoms with E-state index in [0.717, 1.165) is 34.6 Å². The topological polar surface area (TPSA) is 985 Å². The fraction of sp³-hybridized carbons (Fsp3) is 0.925. The number of aliphatic hydroxyl groups is 30. The first kappa shape index (κ1) is 119. The molecule has 56 atom stereocenters. The average molecular weight is 2110 g/mol. The Bertz CT molecular complexity index is 3980. The lowest BCUT2D eigenvalue weighted by atomic mass is 9.93. The smallest absolute Gasteiger partial charge is 0.217 e. The number of hydrogen-bond donors (Lipinski definition) is 36. The molecule has 0 spiro atoms. The third-order valence-electron chi connectivity index (χ3n) is 25.9. The van der Waals surface area contributed by atoms with Crippen LogP contribution in [-0.2, 0) is 133 Å². The molecule has 0 unspecified atom stereocenters. The van der Waals surface area contributed by atoms with Gasteiger partial charge in [-0.15, -0.1) is 0 Å².